The minimum Gasteiger partial charge on any atom is -0.306 e. The lowest BCUT2D eigenvalue weighted by atomic mass is 10.2. The first-order valence-electron chi connectivity index (χ1n) is 7.16. The summed E-state index contributed by atoms with van der Waals surface area (Å²) in [5.41, 5.74) is 2.46. The van der Waals surface area contributed by atoms with Crippen molar-refractivity contribution in [1.29, 1.82) is 0 Å². The second-order valence-electron chi connectivity index (χ2n) is 5.68. The maximum atomic E-state index is 12.9. The van der Waals surface area contributed by atoms with Gasteiger partial charge in [0.2, 0.25) is 0 Å². The SMILES string of the molecule is CC(C)n1nc(C2CC2)cc1CNCc1ccc(F)s1. The van der Waals surface area contributed by atoms with Crippen molar-refractivity contribution < 1.29 is 4.39 Å². The number of thiophene rings is 1. The lowest BCUT2D eigenvalue weighted by molar-refractivity contribution is 0.492. The Kier molecular flexibility index (Phi) is 3.89. The molecule has 0 amide bonds. The van der Waals surface area contributed by atoms with Crippen molar-refractivity contribution in [3.05, 3.63) is 39.6 Å². The first-order chi connectivity index (χ1) is 9.63. The summed E-state index contributed by atoms with van der Waals surface area (Å²) in [6.07, 6.45) is 2.55. The molecule has 2 heterocycles. The Balaban J connectivity index is 1.63. The minimum absolute atomic E-state index is 0.120. The molecule has 2 aromatic heterocycles. The van der Waals surface area contributed by atoms with E-state index in [1.807, 2.05) is 6.07 Å². The molecule has 0 aromatic carbocycles. The molecule has 1 aliphatic carbocycles. The molecule has 0 spiro atoms. The van der Waals surface area contributed by atoms with E-state index in [4.69, 9.17) is 5.10 Å². The number of aromatic nitrogens is 2. The van der Waals surface area contributed by atoms with Crippen molar-refractivity contribution in [2.75, 3.05) is 0 Å². The van der Waals surface area contributed by atoms with Crippen LogP contribution >= 0.6 is 11.3 Å². The molecule has 20 heavy (non-hydrogen) atoms. The van der Waals surface area contributed by atoms with Crippen molar-refractivity contribution in [3.63, 3.8) is 0 Å². The third kappa shape index (κ3) is 3.10. The van der Waals surface area contributed by atoms with E-state index in [1.54, 1.807) is 0 Å². The summed E-state index contributed by atoms with van der Waals surface area (Å²) >= 11 is 1.20. The predicted octanol–water partition coefficient (Wildman–Crippen LogP) is 3.83. The van der Waals surface area contributed by atoms with E-state index in [9.17, 15) is 4.39 Å². The van der Waals surface area contributed by atoms with Crippen LogP contribution in [0.1, 0.15) is 54.9 Å². The highest BCUT2D eigenvalue weighted by Gasteiger charge is 2.27. The largest absolute Gasteiger partial charge is 0.306 e. The van der Waals surface area contributed by atoms with E-state index in [2.05, 4.69) is 29.9 Å². The van der Waals surface area contributed by atoms with Crippen molar-refractivity contribution >= 4 is 11.3 Å². The Labute approximate surface area is 122 Å². The molecule has 0 aliphatic heterocycles. The molecule has 0 saturated heterocycles. The standard InChI is InChI=1S/C15H20FN3S/c1-10(2)19-12(7-14(18-19)11-3-4-11)8-17-9-13-5-6-15(16)20-13/h5-7,10-11,17H,3-4,8-9H2,1-2H3. The van der Waals surface area contributed by atoms with Crippen LogP contribution in [-0.4, -0.2) is 9.78 Å². The van der Waals surface area contributed by atoms with E-state index < -0.39 is 0 Å². The fourth-order valence-corrected chi connectivity index (χ4v) is 3.07. The lowest BCUT2D eigenvalue weighted by Gasteiger charge is -2.11. The summed E-state index contributed by atoms with van der Waals surface area (Å²) < 4.78 is 15.0. The van der Waals surface area contributed by atoms with Gasteiger partial charge in [-0.1, -0.05) is 0 Å². The highest BCUT2D eigenvalue weighted by Crippen LogP contribution is 2.39. The van der Waals surface area contributed by atoms with Crippen LogP contribution in [0.15, 0.2) is 18.2 Å². The molecular weight excluding hydrogens is 273 g/mol. The summed E-state index contributed by atoms with van der Waals surface area (Å²) in [6.45, 7) is 5.79. The van der Waals surface area contributed by atoms with Crippen molar-refractivity contribution in [3.8, 4) is 0 Å². The third-order valence-electron chi connectivity index (χ3n) is 3.55. The summed E-state index contributed by atoms with van der Waals surface area (Å²) in [4.78, 5) is 1.03. The highest BCUT2D eigenvalue weighted by atomic mass is 32.1. The topological polar surface area (TPSA) is 29.9 Å². The Morgan fingerprint density at radius 2 is 2.20 bits per heavy atom. The van der Waals surface area contributed by atoms with Crippen LogP contribution < -0.4 is 5.32 Å². The molecule has 0 unspecified atom stereocenters. The Hall–Kier alpha value is -1.20. The number of hydrogen-bond acceptors (Lipinski definition) is 3. The van der Waals surface area contributed by atoms with Gasteiger partial charge in [0.1, 0.15) is 0 Å². The number of halogens is 1. The van der Waals surface area contributed by atoms with Crippen LogP contribution in [0.4, 0.5) is 4.39 Å². The van der Waals surface area contributed by atoms with E-state index in [-0.39, 0.29) is 5.13 Å². The second kappa shape index (κ2) is 5.66. The zero-order chi connectivity index (χ0) is 14.1. The maximum absolute atomic E-state index is 12.9. The van der Waals surface area contributed by atoms with Crippen molar-refractivity contribution in [2.45, 2.75) is 51.7 Å². The average molecular weight is 293 g/mol. The van der Waals surface area contributed by atoms with Crippen LogP contribution in [0, 0.1) is 5.13 Å². The Bertz CT molecular complexity index is 584. The first-order valence-corrected chi connectivity index (χ1v) is 7.98. The van der Waals surface area contributed by atoms with Crippen molar-refractivity contribution in [1.82, 2.24) is 15.1 Å². The highest BCUT2D eigenvalue weighted by molar-refractivity contribution is 7.10. The number of rotatable bonds is 6. The maximum Gasteiger partial charge on any atom is 0.176 e. The van der Waals surface area contributed by atoms with E-state index in [1.165, 1.54) is 41.6 Å². The minimum atomic E-state index is -0.120. The van der Waals surface area contributed by atoms with Gasteiger partial charge in [0.25, 0.3) is 0 Å². The molecule has 1 aliphatic rings. The molecule has 1 saturated carbocycles. The van der Waals surface area contributed by atoms with Gasteiger partial charge in [0.05, 0.1) is 11.4 Å². The molecule has 108 valence electrons. The molecule has 3 rings (SSSR count). The molecule has 5 heteroatoms. The van der Waals surface area contributed by atoms with Gasteiger partial charge in [-0.15, -0.1) is 11.3 Å². The van der Waals surface area contributed by atoms with Gasteiger partial charge in [-0.3, -0.25) is 4.68 Å². The lowest BCUT2D eigenvalue weighted by Crippen LogP contribution is -2.17. The molecule has 3 nitrogen and oxygen atoms in total. The van der Waals surface area contributed by atoms with Crippen LogP contribution in [0.5, 0.6) is 0 Å². The average Bonchev–Trinajstić information content (AvgIpc) is 3.04. The van der Waals surface area contributed by atoms with Crippen LogP contribution in [-0.2, 0) is 13.1 Å². The normalized spacial score (nSPS) is 15.2. The monoisotopic (exact) mass is 293 g/mol. The summed E-state index contributed by atoms with van der Waals surface area (Å²) in [7, 11) is 0. The van der Waals surface area contributed by atoms with Crippen molar-refractivity contribution in [2.24, 2.45) is 0 Å². The number of nitrogens with one attached hydrogen (secondary N) is 1. The molecule has 1 fully saturated rings. The summed E-state index contributed by atoms with van der Waals surface area (Å²) in [5.74, 6) is 0.681. The molecule has 2 aromatic rings. The summed E-state index contributed by atoms with van der Waals surface area (Å²) in [6, 6.07) is 5.95. The first kappa shape index (κ1) is 13.8. The molecule has 1 N–H and O–H groups in total. The van der Waals surface area contributed by atoms with Gasteiger partial charge >= 0.3 is 0 Å². The smallest absolute Gasteiger partial charge is 0.176 e. The molecule has 0 atom stereocenters. The van der Waals surface area contributed by atoms with Gasteiger partial charge in [0, 0.05) is 29.9 Å². The number of nitrogens with zero attached hydrogens (tertiary/aromatic N) is 2. The second-order valence-corrected chi connectivity index (χ2v) is 6.80. The van der Waals surface area contributed by atoms with Crippen LogP contribution in [0.3, 0.4) is 0 Å². The van der Waals surface area contributed by atoms with Gasteiger partial charge in [-0.25, -0.2) is 0 Å². The number of hydrogen-bond donors (Lipinski definition) is 1. The molecular formula is C15H20FN3S. The fourth-order valence-electron chi connectivity index (χ4n) is 2.37. The quantitative estimate of drug-likeness (QED) is 0.877. The van der Waals surface area contributed by atoms with Crippen LogP contribution in [0.25, 0.3) is 0 Å². The zero-order valence-corrected chi connectivity index (χ0v) is 12.7. The van der Waals surface area contributed by atoms with Gasteiger partial charge in [-0.05, 0) is 44.9 Å². The fraction of sp³-hybridized carbons (Fsp3) is 0.533. The van der Waals surface area contributed by atoms with E-state index in [0.29, 0.717) is 18.5 Å². The zero-order valence-electron chi connectivity index (χ0n) is 11.9. The van der Waals surface area contributed by atoms with Gasteiger partial charge in [-0.2, -0.15) is 9.49 Å². The van der Waals surface area contributed by atoms with E-state index in [0.717, 1.165) is 11.4 Å². The molecule has 0 bridgehead atoms. The Morgan fingerprint density at radius 1 is 1.40 bits per heavy atom. The summed E-state index contributed by atoms with van der Waals surface area (Å²) in [5, 5.41) is 7.98. The molecule has 0 radical (unpaired) electrons. The predicted molar refractivity (Wildman–Crippen MR) is 79.4 cm³/mol. The van der Waals surface area contributed by atoms with Gasteiger partial charge < -0.3 is 5.32 Å². The van der Waals surface area contributed by atoms with Crippen LogP contribution in [0.2, 0.25) is 0 Å². The Morgan fingerprint density at radius 3 is 2.80 bits per heavy atom. The van der Waals surface area contributed by atoms with Gasteiger partial charge in [0.15, 0.2) is 5.13 Å². The van der Waals surface area contributed by atoms with E-state index >= 15 is 0 Å². The third-order valence-corrected chi connectivity index (χ3v) is 4.42.